The number of rotatable bonds is 1. The first kappa shape index (κ1) is 7.87. The minimum Gasteiger partial charge on any atom is -0.463 e. The molecule has 1 fully saturated rings. The Labute approximate surface area is 72.2 Å². The van der Waals surface area contributed by atoms with Gasteiger partial charge in [-0.05, 0) is 44.7 Å². The Morgan fingerprint density at radius 3 is 2.50 bits per heavy atom. The van der Waals surface area contributed by atoms with E-state index in [1.54, 1.807) is 0 Å². The normalized spacial score (nSPS) is 21.5. The first-order valence-corrected chi connectivity index (χ1v) is 4.50. The summed E-state index contributed by atoms with van der Waals surface area (Å²) >= 11 is 0. The SMILES string of the molecule is Cc1ccc(C2(O)CCCC2)o1. The molecule has 1 saturated carbocycles. The predicted octanol–water partition coefficient (Wildman–Crippen LogP) is 2.35. The Hall–Kier alpha value is -0.760. The van der Waals surface area contributed by atoms with Crippen LogP contribution in [-0.2, 0) is 5.60 Å². The first-order chi connectivity index (χ1) is 5.71. The lowest BCUT2D eigenvalue weighted by Crippen LogP contribution is -2.19. The molecule has 2 heteroatoms. The second-order valence-corrected chi connectivity index (χ2v) is 3.65. The Balaban J connectivity index is 2.28. The average molecular weight is 166 g/mol. The fourth-order valence-corrected chi connectivity index (χ4v) is 1.89. The molecule has 2 rings (SSSR count). The van der Waals surface area contributed by atoms with Gasteiger partial charge in [0, 0.05) is 0 Å². The molecule has 0 aliphatic heterocycles. The lowest BCUT2D eigenvalue weighted by Gasteiger charge is -2.18. The van der Waals surface area contributed by atoms with Crippen molar-refractivity contribution in [3.8, 4) is 0 Å². The van der Waals surface area contributed by atoms with Crippen molar-refractivity contribution in [2.75, 3.05) is 0 Å². The fourth-order valence-electron chi connectivity index (χ4n) is 1.89. The molecule has 0 atom stereocenters. The molecule has 0 unspecified atom stereocenters. The van der Waals surface area contributed by atoms with Gasteiger partial charge in [-0.2, -0.15) is 0 Å². The van der Waals surface area contributed by atoms with E-state index in [-0.39, 0.29) is 0 Å². The summed E-state index contributed by atoms with van der Waals surface area (Å²) in [6.45, 7) is 1.90. The van der Waals surface area contributed by atoms with Gasteiger partial charge >= 0.3 is 0 Å². The Bertz CT molecular complexity index is 269. The lowest BCUT2D eigenvalue weighted by atomic mass is 10.00. The number of aryl methyl sites for hydroxylation is 1. The maximum Gasteiger partial charge on any atom is 0.135 e. The number of hydrogen-bond donors (Lipinski definition) is 1. The van der Waals surface area contributed by atoms with Gasteiger partial charge < -0.3 is 9.52 Å². The van der Waals surface area contributed by atoms with Crippen LogP contribution in [0.5, 0.6) is 0 Å². The van der Waals surface area contributed by atoms with Crippen molar-refractivity contribution >= 4 is 0 Å². The van der Waals surface area contributed by atoms with Crippen LogP contribution in [0.15, 0.2) is 16.5 Å². The smallest absolute Gasteiger partial charge is 0.135 e. The molecule has 1 heterocycles. The Morgan fingerprint density at radius 1 is 1.33 bits per heavy atom. The van der Waals surface area contributed by atoms with Crippen molar-refractivity contribution in [3.05, 3.63) is 23.7 Å². The molecule has 12 heavy (non-hydrogen) atoms. The van der Waals surface area contributed by atoms with E-state index in [9.17, 15) is 5.11 Å². The van der Waals surface area contributed by atoms with Crippen LogP contribution in [0, 0.1) is 6.92 Å². The third-order valence-electron chi connectivity index (χ3n) is 2.63. The van der Waals surface area contributed by atoms with Gasteiger partial charge in [-0.25, -0.2) is 0 Å². The Morgan fingerprint density at radius 2 is 2.00 bits per heavy atom. The predicted molar refractivity (Wildman–Crippen MR) is 45.8 cm³/mol. The van der Waals surface area contributed by atoms with E-state index in [0.717, 1.165) is 37.2 Å². The molecule has 0 spiro atoms. The quantitative estimate of drug-likeness (QED) is 0.694. The molecule has 0 saturated heterocycles. The van der Waals surface area contributed by atoms with Crippen LogP contribution in [0.3, 0.4) is 0 Å². The summed E-state index contributed by atoms with van der Waals surface area (Å²) in [7, 11) is 0. The van der Waals surface area contributed by atoms with Crippen molar-refractivity contribution in [3.63, 3.8) is 0 Å². The summed E-state index contributed by atoms with van der Waals surface area (Å²) in [5.74, 6) is 1.63. The third kappa shape index (κ3) is 1.16. The van der Waals surface area contributed by atoms with Gasteiger partial charge in [-0.3, -0.25) is 0 Å². The molecule has 0 amide bonds. The molecular weight excluding hydrogens is 152 g/mol. The largest absolute Gasteiger partial charge is 0.463 e. The first-order valence-electron chi connectivity index (χ1n) is 4.50. The number of aliphatic hydroxyl groups is 1. The maximum atomic E-state index is 10.1. The third-order valence-corrected chi connectivity index (χ3v) is 2.63. The van der Waals surface area contributed by atoms with Gasteiger partial charge in [-0.15, -0.1) is 0 Å². The zero-order valence-corrected chi connectivity index (χ0v) is 7.34. The average Bonchev–Trinajstić information content (AvgIpc) is 2.59. The minimum atomic E-state index is -0.658. The summed E-state index contributed by atoms with van der Waals surface area (Å²) in [5.41, 5.74) is -0.658. The summed E-state index contributed by atoms with van der Waals surface area (Å²) in [6.07, 6.45) is 3.91. The zero-order valence-electron chi connectivity index (χ0n) is 7.34. The highest BCUT2D eigenvalue weighted by Crippen LogP contribution is 2.38. The van der Waals surface area contributed by atoms with Gasteiger partial charge in [0.2, 0.25) is 0 Å². The van der Waals surface area contributed by atoms with Crippen molar-refractivity contribution in [1.29, 1.82) is 0 Å². The molecule has 2 nitrogen and oxygen atoms in total. The Kier molecular flexibility index (Phi) is 1.72. The molecule has 1 aliphatic carbocycles. The fraction of sp³-hybridized carbons (Fsp3) is 0.600. The van der Waals surface area contributed by atoms with E-state index < -0.39 is 5.60 Å². The van der Waals surface area contributed by atoms with E-state index in [4.69, 9.17) is 4.42 Å². The molecule has 0 aromatic carbocycles. The molecule has 1 aromatic rings. The van der Waals surface area contributed by atoms with Gasteiger partial charge in [0.25, 0.3) is 0 Å². The van der Waals surface area contributed by atoms with Crippen LogP contribution >= 0.6 is 0 Å². The summed E-state index contributed by atoms with van der Waals surface area (Å²) in [4.78, 5) is 0. The lowest BCUT2D eigenvalue weighted by molar-refractivity contribution is 0.0212. The van der Waals surface area contributed by atoms with Crippen molar-refractivity contribution in [2.45, 2.75) is 38.2 Å². The van der Waals surface area contributed by atoms with Crippen LogP contribution in [0.2, 0.25) is 0 Å². The van der Waals surface area contributed by atoms with Crippen molar-refractivity contribution < 1.29 is 9.52 Å². The van der Waals surface area contributed by atoms with E-state index in [0.29, 0.717) is 0 Å². The second-order valence-electron chi connectivity index (χ2n) is 3.65. The highest BCUT2D eigenvalue weighted by molar-refractivity contribution is 5.14. The summed E-state index contributed by atoms with van der Waals surface area (Å²) in [5, 5.41) is 10.1. The topological polar surface area (TPSA) is 33.4 Å². The molecular formula is C10H14O2. The molecule has 1 N–H and O–H groups in total. The molecule has 0 bridgehead atoms. The van der Waals surface area contributed by atoms with E-state index in [2.05, 4.69) is 0 Å². The van der Waals surface area contributed by atoms with Crippen LogP contribution in [0.25, 0.3) is 0 Å². The van der Waals surface area contributed by atoms with Crippen molar-refractivity contribution in [1.82, 2.24) is 0 Å². The van der Waals surface area contributed by atoms with Crippen LogP contribution in [0.4, 0.5) is 0 Å². The highest BCUT2D eigenvalue weighted by Gasteiger charge is 2.35. The molecule has 0 radical (unpaired) electrons. The van der Waals surface area contributed by atoms with Gasteiger partial charge in [0.15, 0.2) is 0 Å². The standard InChI is InChI=1S/C10H14O2/c1-8-4-5-9(12-8)10(11)6-2-3-7-10/h4-5,11H,2-3,6-7H2,1H3. The number of furan rings is 1. The zero-order chi connectivity index (χ0) is 8.60. The monoisotopic (exact) mass is 166 g/mol. The van der Waals surface area contributed by atoms with Crippen LogP contribution < -0.4 is 0 Å². The van der Waals surface area contributed by atoms with Crippen molar-refractivity contribution in [2.24, 2.45) is 0 Å². The second kappa shape index (κ2) is 2.63. The maximum absolute atomic E-state index is 10.1. The van der Waals surface area contributed by atoms with Gasteiger partial charge in [0.1, 0.15) is 17.1 Å². The van der Waals surface area contributed by atoms with E-state index >= 15 is 0 Å². The van der Waals surface area contributed by atoms with Gasteiger partial charge in [0.05, 0.1) is 0 Å². The highest BCUT2D eigenvalue weighted by atomic mass is 16.4. The summed E-state index contributed by atoms with van der Waals surface area (Å²) < 4.78 is 5.42. The van der Waals surface area contributed by atoms with Crippen LogP contribution in [-0.4, -0.2) is 5.11 Å². The molecule has 66 valence electrons. The number of hydrogen-bond acceptors (Lipinski definition) is 2. The van der Waals surface area contributed by atoms with E-state index in [1.807, 2.05) is 19.1 Å². The molecule has 1 aromatic heterocycles. The van der Waals surface area contributed by atoms with Crippen LogP contribution in [0.1, 0.15) is 37.2 Å². The van der Waals surface area contributed by atoms with E-state index in [1.165, 1.54) is 0 Å². The van der Waals surface area contributed by atoms with Gasteiger partial charge in [-0.1, -0.05) is 0 Å². The minimum absolute atomic E-state index is 0.658. The summed E-state index contributed by atoms with van der Waals surface area (Å²) in [6, 6.07) is 3.80. The molecule has 1 aliphatic rings.